The number of benzene rings is 2. The quantitative estimate of drug-likeness (QED) is 0.233. The molecule has 2 heterocycles. The van der Waals surface area contributed by atoms with Crippen molar-refractivity contribution < 1.29 is 19.0 Å². The fraction of sp³-hybridized carbons (Fsp3) is 0.303. The Bertz CT molecular complexity index is 1620. The summed E-state index contributed by atoms with van der Waals surface area (Å²) in [5.74, 6) is 1.63. The van der Waals surface area contributed by atoms with E-state index >= 15 is 0 Å². The van der Waals surface area contributed by atoms with Crippen LogP contribution in [-0.4, -0.2) is 33.0 Å². The average Bonchev–Trinajstić information content (AvgIpc) is 2.97. The summed E-state index contributed by atoms with van der Waals surface area (Å²) >= 11 is 0. The third-order valence-electron chi connectivity index (χ3n) is 6.88. The lowest BCUT2D eigenvalue weighted by atomic mass is 10.2. The number of ether oxygens (including phenoxy) is 3. The highest BCUT2D eigenvalue weighted by Gasteiger charge is 2.11. The van der Waals surface area contributed by atoms with Gasteiger partial charge < -0.3 is 19.5 Å². The van der Waals surface area contributed by atoms with Gasteiger partial charge in [-0.25, -0.2) is 0 Å². The highest BCUT2D eigenvalue weighted by Crippen LogP contribution is 2.29. The van der Waals surface area contributed by atoms with Gasteiger partial charge in [0, 0.05) is 12.6 Å². The minimum atomic E-state index is -0.217. The van der Waals surface area contributed by atoms with Crippen LogP contribution in [0.15, 0.2) is 48.5 Å². The number of amides is 1. The van der Waals surface area contributed by atoms with Crippen LogP contribution >= 0.6 is 0 Å². The molecule has 1 amide bonds. The fourth-order valence-corrected chi connectivity index (χ4v) is 4.16. The number of rotatable bonds is 11. The Kier molecular flexibility index (Phi) is 9.85. The summed E-state index contributed by atoms with van der Waals surface area (Å²) in [4.78, 5) is 30.7. The first-order chi connectivity index (χ1) is 20.1. The van der Waals surface area contributed by atoms with E-state index in [0.717, 1.165) is 56.7 Å². The summed E-state index contributed by atoms with van der Waals surface area (Å²) in [7, 11) is 1.59. The smallest absolute Gasteiger partial charge is 0.244 e. The number of hydrogen-bond donors (Lipinski definition) is 1. The predicted octanol–water partition coefficient (Wildman–Crippen LogP) is 5.61. The highest BCUT2D eigenvalue weighted by atomic mass is 16.5. The third kappa shape index (κ3) is 7.90. The zero-order chi connectivity index (χ0) is 30.2. The number of aromatic nitrogens is 4. The van der Waals surface area contributed by atoms with Gasteiger partial charge in [0.25, 0.3) is 0 Å². The van der Waals surface area contributed by atoms with Gasteiger partial charge in [0.05, 0.1) is 52.7 Å². The number of nitrogens with one attached hydrogen (secondary N) is 1. The number of nitrogens with zero attached hydrogens (tertiary/aromatic N) is 4. The molecule has 0 unspecified atom stereocenters. The lowest BCUT2D eigenvalue weighted by Gasteiger charge is -2.13. The Morgan fingerprint density at radius 3 is 2.00 bits per heavy atom. The SMILES string of the molecule is COc1cc(CNC(=O)/C=C/c2cccc(OCc3nc(C)c(C)nc3C)c2)ccc1OCc1nc(C)c(C)nc1C. The van der Waals surface area contributed by atoms with E-state index in [9.17, 15) is 4.79 Å². The van der Waals surface area contributed by atoms with Crippen LogP contribution in [0.4, 0.5) is 0 Å². The van der Waals surface area contributed by atoms with Gasteiger partial charge in [-0.1, -0.05) is 18.2 Å². The van der Waals surface area contributed by atoms with Crippen LogP contribution in [0, 0.1) is 41.5 Å². The number of carbonyl (C=O) groups excluding carboxylic acids is 1. The molecule has 0 fully saturated rings. The molecule has 0 aliphatic carbocycles. The predicted molar refractivity (Wildman–Crippen MR) is 161 cm³/mol. The van der Waals surface area contributed by atoms with Gasteiger partial charge >= 0.3 is 0 Å². The van der Waals surface area contributed by atoms with E-state index in [1.165, 1.54) is 6.08 Å². The zero-order valence-corrected chi connectivity index (χ0v) is 25.2. The van der Waals surface area contributed by atoms with Gasteiger partial charge in [0.1, 0.15) is 19.0 Å². The van der Waals surface area contributed by atoms with Gasteiger partial charge in [-0.3, -0.25) is 24.7 Å². The first-order valence-electron chi connectivity index (χ1n) is 13.7. The minimum absolute atomic E-state index is 0.217. The molecule has 1 N–H and O–H groups in total. The van der Waals surface area contributed by atoms with E-state index in [1.54, 1.807) is 13.2 Å². The lowest BCUT2D eigenvalue weighted by molar-refractivity contribution is -0.116. The molecule has 9 nitrogen and oxygen atoms in total. The molecule has 0 radical (unpaired) electrons. The number of aryl methyl sites for hydroxylation is 6. The number of carbonyl (C=O) groups is 1. The minimum Gasteiger partial charge on any atom is -0.493 e. The summed E-state index contributed by atoms with van der Waals surface area (Å²) in [5.41, 5.74) is 8.61. The summed E-state index contributed by atoms with van der Waals surface area (Å²) in [5, 5.41) is 2.91. The van der Waals surface area contributed by atoms with E-state index in [1.807, 2.05) is 84.0 Å². The molecular formula is C33H37N5O4. The molecule has 0 saturated carbocycles. The first-order valence-corrected chi connectivity index (χ1v) is 13.7. The van der Waals surface area contributed by atoms with E-state index in [-0.39, 0.29) is 12.5 Å². The maximum absolute atomic E-state index is 12.5. The molecule has 0 bridgehead atoms. The third-order valence-corrected chi connectivity index (χ3v) is 6.88. The standard InChI is InChI=1S/C33H37N5O4/c1-20-22(3)37-29(24(5)35-20)18-41-28-10-8-9-26(15-28)12-14-33(39)34-17-27-11-13-31(32(16-27)40-7)42-19-30-25(6)36-21(2)23(4)38-30/h8-16H,17-19H2,1-7H3,(H,34,39)/b14-12+. The van der Waals surface area contributed by atoms with Crippen LogP contribution in [0.3, 0.4) is 0 Å². The molecule has 0 atom stereocenters. The Morgan fingerprint density at radius 1 is 0.738 bits per heavy atom. The van der Waals surface area contributed by atoms with Crippen molar-refractivity contribution in [2.45, 2.75) is 61.3 Å². The van der Waals surface area contributed by atoms with E-state index in [0.29, 0.717) is 30.4 Å². The summed E-state index contributed by atoms with van der Waals surface area (Å²) < 4.78 is 17.5. The van der Waals surface area contributed by atoms with Crippen LogP contribution in [0.25, 0.3) is 6.08 Å². The summed E-state index contributed by atoms with van der Waals surface area (Å²) in [6.07, 6.45) is 3.25. The molecule has 0 spiro atoms. The zero-order valence-electron chi connectivity index (χ0n) is 25.2. The molecule has 2 aromatic heterocycles. The van der Waals surface area contributed by atoms with Gasteiger partial charge in [-0.05, 0) is 83.0 Å². The summed E-state index contributed by atoms with van der Waals surface area (Å²) in [6.45, 7) is 12.5. The van der Waals surface area contributed by atoms with Crippen LogP contribution in [-0.2, 0) is 24.6 Å². The Morgan fingerprint density at radius 2 is 1.36 bits per heavy atom. The van der Waals surface area contributed by atoms with E-state index < -0.39 is 0 Å². The molecule has 218 valence electrons. The fourth-order valence-electron chi connectivity index (χ4n) is 4.16. The second-order valence-corrected chi connectivity index (χ2v) is 10.0. The molecule has 4 aromatic rings. The molecule has 9 heteroatoms. The van der Waals surface area contributed by atoms with Crippen LogP contribution in [0.2, 0.25) is 0 Å². The van der Waals surface area contributed by atoms with E-state index in [4.69, 9.17) is 14.2 Å². The first kappa shape index (κ1) is 30.2. The van der Waals surface area contributed by atoms with Gasteiger partial charge in [0.15, 0.2) is 11.5 Å². The maximum Gasteiger partial charge on any atom is 0.244 e. The number of hydrogen-bond acceptors (Lipinski definition) is 8. The van der Waals surface area contributed by atoms with Crippen LogP contribution < -0.4 is 19.5 Å². The monoisotopic (exact) mass is 567 g/mol. The molecule has 2 aromatic carbocycles. The lowest BCUT2D eigenvalue weighted by Crippen LogP contribution is -2.20. The second kappa shape index (κ2) is 13.7. The normalized spacial score (nSPS) is 11.0. The highest BCUT2D eigenvalue weighted by molar-refractivity contribution is 5.91. The topological polar surface area (TPSA) is 108 Å². The van der Waals surface area contributed by atoms with Gasteiger partial charge in [0.2, 0.25) is 5.91 Å². The summed E-state index contributed by atoms with van der Waals surface area (Å²) in [6, 6.07) is 13.1. The van der Waals surface area contributed by atoms with Crippen molar-refractivity contribution in [1.29, 1.82) is 0 Å². The van der Waals surface area contributed by atoms with Crippen molar-refractivity contribution >= 4 is 12.0 Å². The van der Waals surface area contributed by atoms with Crippen molar-refractivity contribution in [2.24, 2.45) is 0 Å². The van der Waals surface area contributed by atoms with Gasteiger partial charge in [-0.2, -0.15) is 0 Å². The Hall–Kier alpha value is -4.79. The molecule has 0 aliphatic heterocycles. The van der Waals surface area contributed by atoms with Crippen molar-refractivity contribution in [2.75, 3.05) is 7.11 Å². The van der Waals surface area contributed by atoms with Crippen LogP contribution in [0.5, 0.6) is 17.2 Å². The molecule has 4 rings (SSSR count). The molecule has 0 aliphatic rings. The molecule has 42 heavy (non-hydrogen) atoms. The van der Waals surface area contributed by atoms with E-state index in [2.05, 4.69) is 25.3 Å². The van der Waals surface area contributed by atoms with Crippen molar-refractivity contribution in [3.8, 4) is 17.2 Å². The second-order valence-electron chi connectivity index (χ2n) is 10.0. The van der Waals surface area contributed by atoms with Gasteiger partial charge in [-0.15, -0.1) is 0 Å². The van der Waals surface area contributed by atoms with Crippen molar-refractivity contribution in [1.82, 2.24) is 25.3 Å². The van der Waals surface area contributed by atoms with Crippen molar-refractivity contribution in [3.05, 3.63) is 105 Å². The van der Waals surface area contributed by atoms with Crippen LogP contribution in [0.1, 0.15) is 56.7 Å². The van der Waals surface area contributed by atoms with Crippen molar-refractivity contribution in [3.63, 3.8) is 0 Å². The number of methoxy groups -OCH3 is 1. The molecule has 0 saturated heterocycles. The largest absolute Gasteiger partial charge is 0.493 e. The Labute approximate surface area is 247 Å². The molecular weight excluding hydrogens is 530 g/mol. The maximum atomic E-state index is 12.5. The Balaban J connectivity index is 1.31. The average molecular weight is 568 g/mol.